The summed E-state index contributed by atoms with van der Waals surface area (Å²) in [5.74, 6) is 0. The van der Waals surface area contributed by atoms with Gasteiger partial charge in [-0.05, 0) is 27.2 Å². The molecule has 1 aromatic rings. The van der Waals surface area contributed by atoms with Gasteiger partial charge < -0.3 is 5.11 Å². The number of rotatable bonds is 5. The smallest absolute Gasteiger partial charge is 0.244 e. The quantitative estimate of drug-likeness (QED) is 0.786. The summed E-state index contributed by atoms with van der Waals surface area (Å²) in [6, 6.07) is 0. The fourth-order valence-corrected chi connectivity index (χ4v) is 3.10. The Kier molecular flexibility index (Phi) is 4.29. The van der Waals surface area contributed by atoms with Crippen molar-refractivity contribution in [1.29, 1.82) is 0 Å². The number of aliphatic hydroxyl groups excluding tert-OH is 1. The lowest BCUT2D eigenvalue weighted by atomic mass is 10.3. The second-order valence-corrected chi connectivity index (χ2v) is 5.86. The number of nitrogens with one attached hydrogen (secondary N) is 1. The van der Waals surface area contributed by atoms with Crippen molar-refractivity contribution < 1.29 is 13.5 Å². The molecule has 0 saturated carbocycles. The van der Waals surface area contributed by atoms with Gasteiger partial charge in [-0.3, -0.25) is 4.68 Å². The Labute approximate surface area is 102 Å². The minimum Gasteiger partial charge on any atom is -0.393 e. The number of aliphatic hydroxyl groups is 1. The summed E-state index contributed by atoms with van der Waals surface area (Å²) < 4.78 is 28.0. The SMILES string of the molecule is Cc1nn(C)c(C)c1S(=O)(=O)NCCC(C)O. The van der Waals surface area contributed by atoms with Crippen molar-refractivity contribution in [2.45, 2.75) is 38.2 Å². The molecule has 0 radical (unpaired) electrons. The Hall–Kier alpha value is -0.920. The zero-order valence-electron chi connectivity index (χ0n) is 10.6. The van der Waals surface area contributed by atoms with Crippen LogP contribution >= 0.6 is 0 Å². The zero-order chi connectivity index (χ0) is 13.2. The highest BCUT2D eigenvalue weighted by molar-refractivity contribution is 7.89. The number of hydrogen-bond donors (Lipinski definition) is 2. The molecule has 1 unspecified atom stereocenters. The van der Waals surface area contributed by atoms with Crippen molar-refractivity contribution in [3.05, 3.63) is 11.4 Å². The van der Waals surface area contributed by atoms with Gasteiger partial charge in [-0.25, -0.2) is 13.1 Å². The molecular formula is C10H19N3O3S. The van der Waals surface area contributed by atoms with Gasteiger partial charge in [0.1, 0.15) is 4.90 Å². The predicted molar refractivity (Wildman–Crippen MR) is 64.2 cm³/mol. The summed E-state index contributed by atoms with van der Waals surface area (Å²) in [6.07, 6.45) is -0.133. The number of sulfonamides is 1. The average molecular weight is 261 g/mol. The zero-order valence-corrected chi connectivity index (χ0v) is 11.4. The Morgan fingerprint density at radius 2 is 2.06 bits per heavy atom. The van der Waals surface area contributed by atoms with E-state index in [1.54, 1.807) is 32.5 Å². The van der Waals surface area contributed by atoms with Crippen molar-refractivity contribution >= 4 is 10.0 Å². The number of aromatic nitrogens is 2. The van der Waals surface area contributed by atoms with E-state index >= 15 is 0 Å². The minimum absolute atomic E-state index is 0.216. The second-order valence-electron chi connectivity index (χ2n) is 4.16. The van der Waals surface area contributed by atoms with Crippen molar-refractivity contribution in [3.8, 4) is 0 Å². The Morgan fingerprint density at radius 3 is 2.47 bits per heavy atom. The normalized spacial score (nSPS) is 13.9. The molecule has 17 heavy (non-hydrogen) atoms. The first-order chi connectivity index (χ1) is 7.75. The van der Waals surface area contributed by atoms with Crippen LogP contribution in [0.1, 0.15) is 24.7 Å². The van der Waals surface area contributed by atoms with Gasteiger partial charge in [0.05, 0.1) is 17.5 Å². The van der Waals surface area contributed by atoms with Crippen molar-refractivity contribution in [2.24, 2.45) is 7.05 Å². The first-order valence-corrected chi connectivity index (χ1v) is 6.92. The molecule has 7 heteroatoms. The van der Waals surface area contributed by atoms with Crippen LogP contribution in [0.4, 0.5) is 0 Å². The van der Waals surface area contributed by atoms with Crippen LogP contribution in [0, 0.1) is 13.8 Å². The molecule has 98 valence electrons. The molecule has 1 aromatic heterocycles. The molecular weight excluding hydrogens is 242 g/mol. The van der Waals surface area contributed by atoms with Gasteiger partial charge in [-0.1, -0.05) is 0 Å². The van der Waals surface area contributed by atoms with Crippen LogP contribution in [0.25, 0.3) is 0 Å². The lowest BCUT2D eigenvalue weighted by Gasteiger charge is -2.08. The number of hydrogen-bond acceptors (Lipinski definition) is 4. The molecule has 0 bridgehead atoms. The van der Waals surface area contributed by atoms with Crippen molar-refractivity contribution in [3.63, 3.8) is 0 Å². The first kappa shape index (κ1) is 14.1. The summed E-state index contributed by atoms with van der Waals surface area (Å²) in [4.78, 5) is 0.227. The Balaban J connectivity index is 2.90. The van der Waals surface area contributed by atoms with Gasteiger partial charge in [0.15, 0.2) is 0 Å². The molecule has 0 aromatic carbocycles. The van der Waals surface area contributed by atoms with Crippen molar-refractivity contribution in [2.75, 3.05) is 6.54 Å². The number of nitrogens with zero attached hydrogens (tertiary/aromatic N) is 2. The lowest BCUT2D eigenvalue weighted by molar-refractivity contribution is 0.186. The third-order valence-electron chi connectivity index (χ3n) is 2.57. The summed E-state index contributed by atoms with van der Waals surface area (Å²) in [5, 5.41) is 13.1. The molecule has 6 nitrogen and oxygen atoms in total. The van der Waals surface area contributed by atoms with Crippen LogP contribution < -0.4 is 4.72 Å². The first-order valence-electron chi connectivity index (χ1n) is 5.43. The van der Waals surface area contributed by atoms with E-state index in [0.29, 0.717) is 17.8 Å². The second kappa shape index (κ2) is 5.16. The fraction of sp³-hybridized carbons (Fsp3) is 0.700. The average Bonchev–Trinajstić information content (AvgIpc) is 2.40. The predicted octanol–water partition coefficient (Wildman–Crippen LogP) is 0.0861. The third-order valence-corrected chi connectivity index (χ3v) is 4.28. The van der Waals surface area contributed by atoms with E-state index < -0.39 is 16.1 Å². The third kappa shape index (κ3) is 3.27. The van der Waals surface area contributed by atoms with E-state index in [2.05, 4.69) is 9.82 Å². The van der Waals surface area contributed by atoms with Crippen LogP contribution in [0.5, 0.6) is 0 Å². The molecule has 0 aliphatic heterocycles. The largest absolute Gasteiger partial charge is 0.393 e. The van der Waals surface area contributed by atoms with E-state index in [4.69, 9.17) is 5.11 Å². The monoisotopic (exact) mass is 261 g/mol. The molecule has 1 rings (SSSR count). The molecule has 0 fully saturated rings. The fourth-order valence-electron chi connectivity index (χ4n) is 1.62. The minimum atomic E-state index is -3.54. The number of aryl methyl sites for hydroxylation is 2. The summed E-state index contributed by atoms with van der Waals surface area (Å²) in [5.41, 5.74) is 1.08. The Bertz CT molecular complexity index is 491. The summed E-state index contributed by atoms with van der Waals surface area (Å²) in [7, 11) is -1.84. The molecule has 0 aliphatic rings. The van der Waals surface area contributed by atoms with E-state index in [0.717, 1.165) is 0 Å². The van der Waals surface area contributed by atoms with Gasteiger partial charge in [0.2, 0.25) is 10.0 Å². The highest BCUT2D eigenvalue weighted by atomic mass is 32.2. The topological polar surface area (TPSA) is 84.2 Å². The van der Waals surface area contributed by atoms with E-state index in [-0.39, 0.29) is 11.4 Å². The van der Waals surface area contributed by atoms with Gasteiger partial charge in [0.25, 0.3) is 0 Å². The van der Waals surface area contributed by atoms with Gasteiger partial charge >= 0.3 is 0 Å². The standard InChI is InChI=1S/C10H19N3O3S/c1-7(14)5-6-11-17(15,16)10-8(2)12-13(4)9(10)3/h7,11,14H,5-6H2,1-4H3. The maximum Gasteiger partial charge on any atom is 0.244 e. The summed E-state index contributed by atoms with van der Waals surface area (Å²) >= 11 is 0. The Morgan fingerprint density at radius 1 is 1.47 bits per heavy atom. The maximum absolute atomic E-state index is 12.0. The van der Waals surface area contributed by atoms with E-state index in [1.807, 2.05) is 0 Å². The summed E-state index contributed by atoms with van der Waals surface area (Å²) in [6.45, 7) is 5.21. The van der Waals surface area contributed by atoms with Crippen LogP contribution in [-0.4, -0.2) is 36.0 Å². The maximum atomic E-state index is 12.0. The molecule has 1 heterocycles. The molecule has 0 aliphatic carbocycles. The molecule has 2 N–H and O–H groups in total. The van der Waals surface area contributed by atoms with Crippen LogP contribution in [0.15, 0.2) is 4.90 Å². The van der Waals surface area contributed by atoms with E-state index in [1.165, 1.54) is 0 Å². The van der Waals surface area contributed by atoms with Gasteiger partial charge in [0, 0.05) is 13.6 Å². The molecule has 1 atom stereocenters. The highest BCUT2D eigenvalue weighted by Crippen LogP contribution is 2.18. The molecule has 0 saturated heterocycles. The van der Waals surface area contributed by atoms with Gasteiger partial charge in [-0.2, -0.15) is 5.10 Å². The van der Waals surface area contributed by atoms with Crippen LogP contribution in [0.3, 0.4) is 0 Å². The van der Waals surface area contributed by atoms with Crippen molar-refractivity contribution in [1.82, 2.24) is 14.5 Å². The highest BCUT2D eigenvalue weighted by Gasteiger charge is 2.23. The van der Waals surface area contributed by atoms with E-state index in [9.17, 15) is 8.42 Å². The van der Waals surface area contributed by atoms with Crippen LogP contribution in [0.2, 0.25) is 0 Å². The lowest BCUT2D eigenvalue weighted by Crippen LogP contribution is -2.27. The molecule has 0 spiro atoms. The van der Waals surface area contributed by atoms with Gasteiger partial charge in [-0.15, -0.1) is 0 Å². The van der Waals surface area contributed by atoms with Crippen LogP contribution in [-0.2, 0) is 17.1 Å². The molecule has 0 amide bonds.